The van der Waals surface area contributed by atoms with Crippen LogP contribution in [0.25, 0.3) is 11.7 Å². The Morgan fingerprint density at radius 3 is 2.78 bits per heavy atom. The van der Waals surface area contributed by atoms with E-state index in [9.17, 15) is 9.59 Å². The molecule has 32 heavy (non-hydrogen) atoms. The van der Waals surface area contributed by atoms with Gasteiger partial charge in [0.15, 0.2) is 0 Å². The van der Waals surface area contributed by atoms with Crippen molar-refractivity contribution in [1.82, 2.24) is 23.8 Å². The molecule has 8 nitrogen and oxygen atoms in total. The molecule has 166 valence electrons. The number of carbonyl (C=O) groups is 1. The lowest BCUT2D eigenvalue weighted by atomic mass is 10.2. The molecule has 0 saturated carbocycles. The van der Waals surface area contributed by atoms with Crippen molar-refractivity contribution in [1.29, 1.82) is 0 Å². The van der Waals surface area contributed by atoms with Crippen LogP contribution in [0.15, 0.2) is 46.8 Å². The van der Waals surface area contributed by atoms with Crippen LogP contribution >= 0.6 is 24.0 Å². The third kappa shape index (κ3) is 4.33. The van der Waals surface area contributed by atoms with E-state index in [2.05, 4.69) is 10.3 Å². The molecular weight excluding hydrogens is 444 g/mol. The summed E-state index contributed by atoms with van der Waals surface area (Å²) in [6.45, 7) is 7.14. The van der Waals surface area contributed by atoms with E-state index in [0.717, 1.165) is 18.5 Å². The highest BCUT2D eigenvalue weighted by molar-refractivity contribution is 8.26. The fourth-order valence-corrected chi connectivity index (χ4v) is 5.03. The summed E-state index contributed by atoms with van der Waals surface area (Å²) in [7, 11) is 0. The zero-order valence-corrected chi connectivity index (χ0v) is 19.7. The summed E-state index contributed by atoms with van der Waals surface area (Å²) in [5, 5.41) is 3.30. The number of nitrogens with one attached hydrogen (secondary N) is 1. The molecule has 4 rings (SSSR count). The molecule has 3 aromatic rings. The van der Waals surface area contributed by atoms with Gasteiger partial charge in [0.05, 0.1) is 16.8 Å². The molecule has 4 heterocycles. The predicted molar refractivity (Wildman–Crippen MR) is 132 cm³/mol. The van der Waals surface area contributed by atoms with Gasteiger partial charge in [-0.25, -0.2) is 9.97 Å². The van der Waals surface area contributed by atoms with Crippen LogP contribution in [0.3, 0.4) is 0 Å². The molecule has 1 aliphatic rings. The van der Waals surface area contributed by atoms with Crippen molar-refractivity contribution in [3.8, 4) is 0 Å². The highest BCUT2D eigenvalue weighted by Gasteiger charge is 2.34. The summed E-state index contributed by atoms with van der Waals surface area (Å²) < 4.78 is 4.00. The maximum Gasteiger partial charge on any atom is 0.267 e. The molecule has 3 aromatic heterocycles. The average molecular weight is 469 g/mol. The summed E-state index contributed by atoms with van der Waals surface area (Å²) in [5.41, 5.74) is 1.59. The van der Waals surface area contributed by atoms with Crippen LogP contribution in [0, 0.1) is 6.92 Å². The summed E-state index contributed by atoms with van der Waals surface area (Å²) in [6, 6.07) is 3.68. The van der Waals surface area contributed by atoms with Crippen LogP contribution in [0.4, 0.5) is 5.82 Å². The molecule has 0 aromatic carbocycles. The Bertz CT molecular complexity index is 1260. The number of nitrogens with zero attached hydrogens (tertiary/aromatic N) is 5. The Morgan fingerprint density at radius 2 is 2.09 bits per heavy atom. The van der Waals surface area contributed by atoms with Gasteiger partial charge in [0, 0.05) is 37.7 Å². The van der Waals surface area contributed by atoms with Crippen LogP contribution in [0.1, 0.15) is 31.4 Å². The standard InChI is InChI=1S/C22H24N6O2S2/c1-14(2)28-21(30)17(32-22(28)31)12-16-18(24-7-5-9-26-11-8-23-13-26)25-19-15(3)6-4-10-27(19)20(16)29/h4,6,8,10-14,24H,5,7,9H2,1-3H3. The minimum atomic E-state index is -0.231. The second-order valence-corrected chi connectivity index (χ2v) is 9.47. The highest BCUT2D eigenvalue weighted by Crippen LogP contribution is 2.34. The number of imidazole rings is 1. The number of rotatable bonds is 7. The van der Waals surface area contributed by atoms with Crippen LogP contribution in [0.5, 0.6) is 0 Å². The van der Waals surface area contributed by atoms with Crippen molar-refractivity contribution in [2.75, 3.05) is 11.9 Å². The summed E-state index contributed by atoms with van der Waals surface area (Å²) in [5.74, 6) is 0.277. The number of hydrogen-bond donors (Lipinski definition) is 1. The molecule has 0 bridgehead atoms. The molecule has 1 saturated heterocycles. The van der Waals surface area contributed by atoms with Gasteiger partial charge in [-0.1, -0.05) is 30.0 Å². The lowest BCUT2D eigenvalue weighted by Gasteiger charge is -2.18. The van der Waals surface area contributed by atoms with Gasteiger partial charge < -0.3 is 9.88 Å². The molecule has 0 unspecified atom stereocenters. The number of hydrogen-bond acceptors (Lipinski definition) is 7. The van der Waals surface area contributed by atoms with Gasteiger partial charge in [0.25, 0.3) is 11.5 Å². The van der Waals surface area contributed by atoms with Crippen molar-refractivity contribution in [2.45, 2.75) is 39.8 Å². The topological polar surface area (TPSA) is 84.5 Å². The number of carbonyl (C=O) groups excluding carboxylic acids is 1. The molecule has 0 radical (unpaired) electrons. The van der Waals surface area contributed by atoms with Gasteiger partial charge in [0.1, 0.15) is 15.8 Å². The first kappa shape index (κ1) is 22.2. The van der Waals surface area contributed by atoms with Crippen molar-refractivity contribution in [3.63, 3.8) is 0 Å². The number of pyridine rings is 1. The predicted octanol–water partition coefficient (Wildman–Crippen LogP) is 3.31. The van der Waals surface area contributed by atoms with Gasteiger partial charge in [-0.15, -0.1) is 0 Å². The SMILES string of the molecule is Cc1cccn2c(=O)c(C=C3SC(=S)N(C(C)C)C3=O)c(NCCCn3ccnc3)nc12. The van der Waals surface area contributed by atoms with Crippen LogP contribution < -0.4 is 10.9 Å². The zero-order valence-electron chi connectivity index (χ0n) is 18.1. The second kappa shape index (κ2) is 9.25. The van der Waals surface area contributed by atoms with Gasteiger partial charge in [-0.2, -0.15) is 0 Å². The maximum absolute atomic E-state index is 13.4. The van der Waals surface area contributed by atoms with Crippen molar-refractivity contribution in [2.24, 2.45) is 0 Å². The van der Waals surface area contributed by atoms with Crippen molar-refractivity contribution in [3.05, 3.63) is 63.4 Å². The van der Waals surface area contributed by atoms with E-state index in [0.29, 0.717) is 32.8 Å². The first-order valence-corrected chi connectivity index (χ1v) is 11.6. The number of aryl methyl sites for hydroxylation is 2. The van der Waals surface area contributed by atoms with E-state index in [4.69, 9.17) is 17.2 Å². The van der Waals surface area contributed by atoms with E-state index in [-0.39, 0.29) is 17.5 Å². The number of fused-ring (bicyclic) bond motifs is 1. The quantitative estimate of drug-likeness (QED) is 0.323. The zero-order chi connectivity index (χ0) is 22.8. The van der Waals surface area contributed by atoms with Crippen LogP contribution in [-0.4, -0.2) is 46.6 Å². The fourth-order valence-electron chi connectivity index (χ4n) is 3.52. The molecule has 1 N–H and O–H groups in total. The van der Waals surface area contributed by atoms with Gasteiger partial charge >= 0.3 is 0 Å². The minimum absolute atomic E-state index is 0.0485. The van der Waals surface area contributed by atoms with E-state index in [1.165, 1.54) is 16.2 Å². The lowest BCUT2D eigenvalue weighted by Crippen LogP contribution is -2.34. The minimum Gasteiger partial charge on any atom is -0.369 e. The van der Waals surface area contributed by atoms with Crippen LogP contribution in [-0.2, 0) is 11.3 Å². The molecule has 0 aliphatic carbocycles. The second-order valence-electron chi connectivity index (χ2n) is 7.79. The summed E-state index contributed by atoms with van der Waals surface area (Å²) in [6.07, 6.45) is 9.55. The van der Waals surface area contributed by atoms with Crippen molar-refractivity contribution < 1.29 is 4.79 Å². The Hall–Kier alpha value is -2.98. The molecule has 1 aliphatic heterocycles. The number of thiocarbonyl (C=S) groups is 1. The number of anilines is 1. The average Bonchev–Trinajstić information content (AvgIpc) is 3.36. The third-order valence-electron chi connectivity index (χ3n) is 5.14. The maximum atomic E-state index is 13.4. The van der Waals surface area contributed by atoms with E-state index >= 15 is 0 Å². The first-order chi connectivity index (χ1) is 15.4. The first-order valence-electron chi connectivity index (χ1n) is 10.4. The highest BCUT2D eigenvalue weighted by atomic mass is 32.2. The van der Waals surface area contributed by atoms with E-state index < -0.39 is 0 Å². The van der Waals surface area contributed by atoms with Crippen molar-refractivity contribution >= 4 is 51.7 Å². The molecular formula is C22H24N6O2S2. The number of aromatic nitrogens is 4. The van der Waals surface area contributed by atoms with E-state index in [1.54, 1.807) is 29.7 Å². The lowest BCUT2D eigenvalue weighted by molar-refractivity contribution is -0.123. The monoisotopic (exact) mass is 468 g/mol. The normalized spacial score (nSPS) is 15.5. The number of amides is 1. The summed E-state index contributed by atoms with van der Waals surface area (Å²) in [4.78, 5) is 37.0. The Balaban J connectivity index is 1.70. The number of thioether (sulfide) groups is 1. The molecule has 10 heteroatoms. The Morgan fingerprint density at radius 1 is 1.28 bits per heavy atom. The fraction of sp³-hybridized carbons (Fsp3) is 0.318. The van der Waals surface area contributed by atoms with E-state index in [1.807, 2.05) is 43.7 Å². The largest absolute Gasteiger partial charge is 0.369 e. The Kier molecular flexibility index (Phi) is 6.43. The van der Waals surface area contributed by atoms with Gasteiger partial charge in [0.2, 0.25) is 0 Å². The molecule has 1 amide bonds. The van der Waals surface area contributed by atoms with Crippen LogP contribution in [0.2, 0.25) is 0 Å². The smallest absolute Gasteiger partial charge is 0.267 e. The third-order valence-corrected chi connectivity index (χ3v) is 6.47. The molecule has 0 spiro atoms. The van der Waals surface area contributed by atoms with Gasteiger partial charge in [-0.3, -0.25) is 18.9 Å². The van der Waals surface area contributed by atoms with Gasteiger partial charge in [-0.05, 0) is 44.9 Å². The molecule has 1 fully saturated rings. The summed E-state index contributed by atoms with van der Waals surface area (Å²) >= 11 is 6.59. The Labute approximate surface area is 195 Å². The molecule has 0 atom stereocenters.